The maximum Gasteiger partial charge on any atom is 0.270 e. The van der Waals surface area contributed by atoms with E-state index in [1.807, 2.05) is 0 Å². The molecule has 2 heterocycles. The lowest BCUT2D eigenvalue weighted by Gasteiger charge is -2.31. The number of halogens is 1. The van der Waals surface area contributed by atoms with Gasteiger partial charge in [-0.3, -0.25) is 14.9 Å². The number of rotatable bonds is 4. The first-order valence-electron chi connectivity index (χ1n) is 9.14. The standard InChI is InChI=1S/C20H17FN4O4/c21-16-8-6-13(7-9-16)18-22-19(29-23-18)15-4-2-10-24(12-15)20(26)14-3-1-5-17(11-14)25(27)28/h1,3,5-9,11,15H,2,4,10,12H2. The van der Waals surface area contributed by atoms with Gasteiger partial charge in [-0.2, -0.15) is 4.98 Å². The summed E-state index contributed by atoms with van der Waals surface area (Å²) in [6.07, 6.45) is 1.53. The fourth-order valence-electron chi connectivity index (χ4n) is 3.42. The summed E-state index contributed by atoms with van der Waals surface area (Å²) in [7, 11) is 0. The van der Waals surface area contributed by atoms with Crippen molar-refractivity contribution in [3.63, 3.8) is 0 Å². The number of non-ortho nitro benzene ring substituents is 1. The fraction of sp³-hybridized carbons (Fsp3) is 0.250. The number of amides is 1. The van der Waals surface area contributed by atoms with Crippen LogP contribution in [-0.4, -0.2) is 39.0 Å². The molecular weight excluding hydrogens is 379 g/mol. The van der Waals surface area contributed by atoms with Gasteiger partial charge in [0, 0.05) is 36.3 Å². The van der Waals surface area contributed by atoms with E-state index in [9.17, 15) is 19.3 Å². The quantitative estimate of drug-likeness (QED) is 0.491. The molecule has 3 aromatic rings. The van der Waals surface area contributed by atoms with Gasteiger partial charge in [-0.1, -0.05) is 11.2 Å². The van der Waals surface area contributed by atoms with E-state index < -0.39 is 4.92 Å². The molecule has 0 aliphatic carbocycles. The topological polar surface area (TPSA) is 102 Å². The molecule has 1 aliphatic heterocycles. The van der Waals surface area contributed by atoms with Crippen molar-refractivity contribution in [3.8, 4) is 11.4 Å². The van der Waals surface area contributed by atoms with E-state index in [-0.39, 0.29) is 28.9 Å². The summed E-state index contributed by atoms with van der Waals surface area (Å²) in [5.74, 6) is 0.0350. The lowest BCUT2D eigenvalue weighted by Crippen LogP contribution is -2.39. The zero-order valence-electron chi connectivity index (χ0n) is 15.3. The predicted molar refractivity (Wildman–Crippen MR) is 101 cm³/mol. The molecule has 1 saturated heterocycles. The molecule has 0 spiro atoms. The van der Waals surface area contributed by atoms with Crippen LogP contribution in [0.15, 0.2) is 53.1 Å². The van der Waals surface area contributed by atoms with Gasteiger partial charge in [0.15, 0.2) is 0 Å². The number of piperidine rings is 1. The maximum absolute atomic E-state index is 13.1. The third-order valence-electron chi connectivity index (χ3n) is 4.91. The Bertz CT molecular complexity index is 1050. The van der Waals surface area contributed by atoms with E-state index in [1.165, 1.54) is 30.3 Å². The molecule has 0 bridgehead atoms. The molecule has 1 aromatic heterocycles. The van der Waals surface area contributed by atoms with E-state index in [0.29, 0.717) is 30.4 Å². The van der Waals surface area contributed by atoms with Gasteiger partial charge in [-0.15, -0.1) is 0 Å². The minimum absolute atomic E-state index is 0.120. The Morgan fingerprint density at radius 2 is 2.03 bits per heavy atom. The van der Waals surface area contributed by atoms with Gasteiger partial charge >= 0.3 is 0 Å². The molecule has 9 heteroatoms. The number of hydrogen-bond acceptors (Lipinski definition) is 6. The minimum atomic E-state index is -0.523. The van der Waals surface area contributed by atoms with Crippen molar-refractivity contribution in [3.05, 3.63) is 75.9 Å². The van der Waals surface area contributed by atoms with Crippen LogP contribution in [-0.2, 0) is 0 Å². The van der Waals surface area contributed by atoms with Crippen molar-refractivity contribution in [1.82, 2.24) is 15.0 Å². The van der Waals surface area contributed by atoms with Gasteiger partial charge in [0.1, 0.15) is 5.82 Å². The Hall–Kier alpha value is -3.62. The predicted octanol–water partition coefficient (Wildman–Crippen LogP) is 3.80. The number of nitro groups is 1. The van der Waals surface area contributed by atoms with Gasteiger partial charge in [0.25, 0.3) is 11.6 Å². The average Bonchev–Trinajstić information content (AvgIpc) is 3.24. The van der Waals surface area contributed by atoms with Crippen LogP contribution in [0.3, 0.4) is 0 Å². The molecule has 1 amide bonds. The first-order chi connectivity index (χ1) is 14.0. The van der Waals surface area contributed by atoms with E-state index in [0.717, 1.165) is 12.8 Å². The van der Waals surface area contributed by atoms with Gasteiger partial charge in [0.2, 0.25) is 11.7 Å². The molecule has 1 unspecified atom stereocenters. The van der Waals surface area contributed by atoms with Gasteiger partial charge < -0.3 is 9.42 Å². The number of benzene rings is 2. The van der Waals surface area contributed by atoms with Crippen LogP contribution >= 0.6 is 0 Å². The lowest BCUT2D eigenvalue weighted by molar-refractivity contribution is -0.384. The Morgan fingerprint density at radius 1 is 1.24 bits per heavy atom. The number of aromatic nitrogens is 2. The van der Waals surface area contributed by atoms with Crippen LogP contribution in [0.2, 0.25) is 0 Å². The van der Waals surface area contributed by atoms with Crippen molar-refractivity contribution in [2.24, 2.45) is 0 Å². The highest BCUT2D eigenvalue weighted by atomic mass is 19.1. The summed E-state index contributed by atoms with van der Waals surface area (Å²) in [5, 5.41) is 14.9. The van der Waals surface area contributed by atoms with Crippen molar-refractivity contribution in [2.75, 3.05) is 13.1 Å². The molecule has 0 N–H and O–H groups in total. The van der Waals surface area contributed by atoms with Crippen LogP contribution < -0.4 is 0 Å². The molecule has 8 nitrogen and oxygen atoms in total. The minimum Gasteiger partial charge on any atom is -0.339 e. The Labute approximate surface area is 165 Å². The fourth-order valence-corrected chi connectivity index (χ4v) is 3.42. The largest absolute Gasteiger partial charge is 0.339 e. The highest BCUT2D eigenvalue weighted by molar-refractivity contribution is 5.95. The van der Waals surface area contributed by atoms with E-state index in [2.05, 4.69) is 10.1 Å². The summed E-state index contributed by atoms with van der Waals surface area (Å²) >= 11 is 0. The number of carbonyl (C=O) groups is 1. The van der Waals surface area contributed by atoms with Crippen LogP contribution in [0.25, 0.3) is 11.4 Å². The number of hydrogen-bond donors (Lipinski definition) is 0. The Morgan fingerprint density at radius 3 is 2.79 bits per heavy atom. The molecule has 2 aromatic carbocycles. The average molecular weight is 396 g/mol. The molecular formula is C20H17FN4O4. The SMILES string of the molecule is O=C(c1cccc([N+](=O)[O-])c1)N1CCCC(c2nc(-c3ccc(F)cc3)no2)C1. The van der Waals surface area contributed by atoms with E-state index in [4.69, 9.17) is 4.52 Å². The third kappa shape index (κ3) is 3.98. The monoisotopic (exact) mass is 396 g/mol. The molecule has 29 heavy (non-hydrogen) atoms. The third-order valence-corrected chi connectivity index (χ3v) is 4.91. The molecule has 0 saturated carbocycles. The van der Waals surface area contributed by atoms with Crippen LogP contribution in [0.4, 0.5) is 10.1 Å². The lowest BCUT2D eigenvalue weighted by atomic mass is 9.97. The summed E-state index contributed by atoms with van der Waals surface area (Å²) < 4.78 is 18.5. The normalized spacial score (nSPS) is 16.6. The Balaban J connectivity index is 1.50. The molecule has 1 aliphatic rings. The second-order valence-corrected chi connectivity index (χ2v) is 6.86. The van der Waals surface area contributed by atoms with Crippen LogP contribution in [0.5, 0.6) is 0 Å². The zero-order chi connectivity index (χ0) is 20.4. The number of nitrogens with zero attached hydrogens (tertiary/aromatic N) is 4. The first-order valence-corrected chi connectivity index (χ1v) is 9.14. The van der Waals surface area contributed by atoms with Gasteiger partial charge in [-0.25, -0.2) is 4.39 Å². The van der Waals surface area contributed by atoms with E-state index in [1.54, 1.807) is 23.1 Å². The summed E-state index contributed by atoms with van der Waals surface area (Å²) in [6, 6.07) is 11.5. The van der Waals surface area contributed by atoms with Crippen molar-refractivity contribution in [2.45, 2.75) is 18.8 Å². The molecule has 148 valence electrons. The van der Waals surface area contributed by atoms with Crippen molar-refractivity contribution >= 4 is 11.6 Å². The molecule has 4 rings (SSSR count). The maximum atomic E-state index is 13.1. The summed E-state index contributed by atoms with van der Waals surface area (Å²) in [5.41, 5.74) is 0.796. The molecule has 1 fully saturated rings. The van der Waals surface area contributed by atoms with Crippen molar-refractivity contribution in [1.29, 1.82) is 0 Å². The molecule has 0 radical (unpaired) electrons. The highest BCUT2D eigenvalue weighted by Gasteiger charge is 2.29. The molecule has 1 atom stereocenters. The highest BCUT2D eigenvalue weighted by Crippen LogP contribution is 2.29. The smallest absolute Gasteiger partial charge is 0.270 e. The second kappa shape index (κ2) is 7.78. The van der Waals surface area contributed by atoms with E-state index >= 15 is 0 Å². The van der Waals surface area contributed by atoms with Gasteiger partial charge in [-0.05, 0) is 43.2 Å². The summed E-state index contributed by atoms with van der Waals surface area (Å²) in [4.78, 5) is 29.3. The number of nitro benzene ring substituents is 1. The zero-order valence-corrected chi connectivity index (χ0v) is 15.3. The second-order valence-electron chi connectivity index (χ2n) is 6.86. The number of likely N-dealkylation sites (tertiary alicyclic amines) is 1. The van der Waals surface area contributed by atoms with Crippen molar-refractivity contribution < 1.29 is 18.6 Å². The van der Waals surface area contributed by atoms with Crippen LogP contribution in [0, 0.1) is 15.9 Å². The van der Waals surface area contributed by atoms with Crippen LogP contribution in [0.1, 0.15) is 35.0 Å². The Kier molecular flexibility index (Phi) is 5.03. The van der Waals surface area contributed by atoms with Gasteiger partial charge in [0.05, 0.1) is 10.8 Å². The number of carbonyl (C=O) groups excluding carboxylic acids is 1. The first kappa shape index (κ1) is 18.7. The summed E-state index contributed by atoms with van der Waals surface area (Å²) in [6.45, 7) is 0.934.